The molecular formula is C22H20O4. The first-order chi connectivity index (χ1) is 12.8. The molecule has 0 amide bonds. The van der Waals surface area contributed by atoms with Gasteiger partial charge < -0.3 is 18.9 Å². The first-order valence-corrected chi connectivity index (χ1v) is 9.32. The highest BCUT2D eigenvalue weighted by atomic mass is 16.7. The van der Waals surface area contributed by atoms with Crippen molar-refractivity contribution in [1.29, 1.82) is 0 Å². The number of hydrogen-bond donors (Lipinski definition) is 0. The van der Waals surface area contributed by atoms with Crippen molar-refractivity contribution >= 4 is 0 Å². The number of hydrogen-bond acceptors (Lipinski definition) is 4. The molecule has 2 aromatic carbocycles. The summed E-state index contributed by atoms with van der Waals surface area (Å²) in [5, 5.41) is 0. The maximum Gasteiger partial charge on any atom is 0.231 e. The van der Waals surface area contributed by atoms with Crippen LogP contribution in [0.4, 0.5) is 0 Å². The van der Waals surface area contributed by atoms with Crippen molar-refractivity contribution in [3.8, 4) is 23.0 Å². The van der Waals surface area contributed by atoms with Gasteiger partial charge in [-0.15, -0.1) is 0 Å². The van der Waals surface area contributed by atoms with Crippen LogP contribution in [0, 0.1) is 11.8 Å². The van der Waals surface area contributed by atoms with Crippen LogP contribution in [0.1, 0.15) is 48.6 Å². The molecule has 6 rings (SSSR count). The third-order valence-electron chi connectivity index (χ3n) is 6.21. The van der Waals surface area contributed by atoms with Gasteiger partial charge in [-0.25, -0.2) is 0 Å². The monoisotopic (exact) mass is 348 g/mol. The molecule has 4 nitrogen and oxygen atoms in total. The van der Waals surface area contributed by atoms with Crippen LogP contribution in [0.25, 0.3) is 0 Å². The molecule has 4 aliphatic rings. The molecule has 2 fully saturated rings. The van der Waals surface area contributed by atoms with Gasteiger partial charge in [0, 0.05) is 0 Å². The summed E-state index contributed by atoms with van der Waals surface area (Å²) in [5.41, 5.74) is 2.76. The standard InChI is InChI=1S/C22H20O4/c1-3-19-21(25-11-23-19)9-13(1)15-5-17-7-16(8-18(17)6-15)14-2-4-20-22(10-14)26-12-24-20/h1-4,9-10,15-16H,5-8,11-12H2. The first kappa shape index (κ1) is 14.8. The Balaban J connectivity index is 1.17. The summed E-state index contributed by atoms with van der Waals surface area (Å²) in [6, 6.07) is 12.9. The zero-order valence-electron chi connectivity index (χ0n) is 14.5. The molecule has 0 saturated heterocycles. The van der Waals surface area contributed by atoms with Gasteiger partial charge in [-0.2, -0.15) is 0 Å². The molecule has 2 aliphatic heterocycles. The third-order valence-corrected chi connectivity index (χ3v) is 6.21. The van der Waals surface area contributed by atoms with Crippen molar-refractivity contribution in [3.05, 3.63) is 59.4 Å². The lowest BCUT2D eigenvalue weighted by molar-refractivity contribution is 0.173. The molecule has 0 unspecified atom stereocenters. The fourth-order valence-electron chi connectivity index (χ4n) is 4.88. The van der Waals surface area contributed by atoms with Crippen LogP contribution >= 0.6 is 0 Å². The minimum Gasteiger partial charge on any atom is -0.454 e. The minimum atomic E-state index is 0.343. The van der Waals surface area contributed by atoms with Gasteiger partial charge in [0.15, 0.2) is 23.0 Å². The van der Waals surface area contributed by atoms with Gasteiger partial charge in [-0.3, -0.25) is 0 Å². The van der Waals surface area contributed by atoms with E-state index in [-0.39, 0.29) is 0 Å². The summed E-state index contributed by atoms with van der Waals surface area (Å²) >= 11 is 0. The van der Waals surface area contributed by atoms with E-state index in [1.807, 2.05) is 0 Å². The SMILES string of the molecule is c1cc2c(cc1C1C[C]3CC(c4ccc5c(c4)OCO5)C[C]3C1)OCO2. The summed E-state index contributed by atoms with van der Waals surface area (Å²) in [4.78, 5) is 0. The molecule has 0 spiro atoms. The van der Waals surface area contributed by atoms with Gasteiger partial charge in [0.1, 0.15) is 0 Å². The molecule has 4 heteroatoms. The molecule has 2 aliphatic carbocycles. The topological polar surface area (TPSA) is 36.9 Å². The van der Waals surface area contributed by atoms with Crippen molar-refractivity contribution in [2.24, 2.45) is 0 Å². The van der Waals surface area contributed by atoms with E-state index in [0.29, 0.717) is 25.4 Å². The van der Waals surface area contributed by atoms with Gasteiger partial charge in [0.25, 0.3) is 0 Å². The van der Waals surface area contributed by atoms with Gasteiger partial charge in [0.2, 0.25) is 13.6 Å². The Bertz CT molecular complexity index is 778. The Labute approximate surface area is 153 Å². The third kappa shape index (κ3) is 2.28. The van der Waals surface area contributed by atoms with E-state index in [4.69, 9.17) is 18.9 Å². The molecule has 0 bridgehead atoms. The zero-order valence-corrected chi connectivity index (χ0v) is 14.5. The highest BCUT2D eigenvalue weighted by Crippen LogP contribution is 2.58. The lowest BCUT2D eigenvalue weighted by Gasteiger charge is -2.16. The Morgan fingerprint density at radius 1 is 0.538 bits per heavy atom. The number of benzene rings is 2. The van der Waals surface area contributed by atoms with Gasteiger partial charge in [0.05, 0.1) is 0 Å². The molecule has 132 valence electrons. The van der Waals surface area contributed by atoms with Gasteiger partial charge in [-0.1, -0.05) is 12.1 Å². The van der Waals surface area contributed by atoms with Crippen LogP contribution < -0.4 is 18.9 Å². The van der Waals surface area contributed by atoms with E-state index < -0.39 is 0 Å². The summed E-state index contributed by atoms with van der Waals surface area (Å²) in [6.45, 7) is 0.685. The first-order valence-electron chi connectivity index (χ1n) is 9.32. The summed E-state index contributed by atoms with van der Waals surface area (Å²) in [7, 11) is 0. The maximum absolute atomic E-state index is 5.55. The molecule has 0 aromatic heterocycles. The minimum absolute atomic E-state index is 0.343. The Kier molecular flexibility index (Phi) is 3.16. The molecule has 0 atom stereocenters. The fraction of sp³-hybridized carbons (Fsp3) is 0.364. The average molecular weight is 348 g/mol. The summed E-state index contributed by atoms with van der Waals surface area (Å²) < 4.78 is 22.0. The van der Waals surface area contributed by atoms with Crippen LogP contribution in [0.2, 0.25) is 0 Å². The van der Waals surface area contributed by atoms with Crippen molar-refractivity contribution in [1.82, 2.24) is 0 Å². The molecule has 0 N–H and O–H groups in total. The molecular weight excluding hydrogens is 328 g/mol. The predicted molar refractivity (Wildman–Crippen MR) is 95.6 cm³/mol. The van der Waals surface area contributed by atoms with Gasteiger partial charge >= 0.3 is 0 Å². The molecule has 2 aromatic rings. The van der Waals surface area contributed by atoms with Crippen LogP contribution in [0.15, 0.2) is 36.4 Å². The van der Waals surface area contributed by atoms with Crippen LogP contribution in [-0.2, 0) is 0 Å². The number of rotatable bonds is 2. The number of ether oxygens (including phenoxy) is 4. The Morgan fingerprint density at radius 3 is 1.42 bits per heavy atom. The second-order valence-corrected chi connectivity index (χ2v) is 7.64. The highest BCUT2D eigenvalue weighted by molar-refractivity contribution is 5.49. The second-order valence-electron chi connectivity index (χ2n) is 7.64. The van der Waals surface area contributed by atoms with Crippen LogP contribution in [0.5, 0.6) is 23.0 Å². The zero-order chi connectivity index (χ0) is 17.1. The predicted octanol–water partition coefficient (Wildman–Crippen LogP) is 4.75. The van der Waals surface area contributed by atoms with E-state index in [0.717, 1.165) is 23.0 Å². The largest absolute Gasteiger partial charge is 0.454 e. The molecule has 2 radical (unpaired) electrons. The second kappa shape index (κ2) is 5.57. The van der Waals surface area contributed by atoms with E-state index in [1.165, 1.54) is 36.8 Å². The summed E-state index contributed by atoms with van der Waals surface area (Å²) in [6.07, 6.45) is 4.71. The fourth-order valence-corrected chi connectivity index (χ4v) is 4.88. The van der Waals surface area contributed by atoms with Crippen molar-refractivity contribution in [2.75, 3.05) is 13.6 Å². The van der Waals surface area contributed by atoms with E-state index >= 15 is 0 Å². The van der Waals surface area contributed by atoms with Crippen molar-refractivity contribution in [2.45, 2.75) is 37.5 Å². The maximum atomic E-state index is 5.55. The Morgan fingerprint density at radius 2 is 0.962 bits per heavy atom. The molecule has 2 heterocycles. The number of fused-ring (bicyclic) bond motifs is 3. The Hall–Kier alpha value is -2.36. The van der Waals surface area contributed by atoms with E-state index in [2.05, 4.69) is 36.4 Å². The normalized spacial score (nSPS) is 22.3. The lowest BCUT2D eigenvalue weighted by Crippen LogP contribution is -1.99. The smallest absolute Gasteiger partial charge is 0.231 e. The van der Waals surface area contributed by atoms with Crippen LogP contribution in [-0.4, -0.2) is 13.6 Å². The van der Waals surface area contributed by atoms with E-state index in [9.17, 15) is 0 Å². The van der Waals surface area contributed by atoms with E-state index in [1.54, 1.807) is 11.8 Å². The van der Waals surface area contributed by atoms with Crippen molar-refractivity contribution < 1.29 is 18.9 Å². The average Bonchev–Trinajstić information content (AvgIpc) is 3.41. The van der Waals surface area contributed by atoms with Crippen LogP contribution in [0.3, 0.4) is 0 Å². The molecule has 2 saturated carbocycles. The highest BCUT2D eigenvalue weighted by Gasteiger charge is 2.43. The van der Waals surface area contributed by atoms with Crippen molar-refractivity contribution in [3.63, 3.8) is 0 Å². The van der Waals surface area contributed by atoms with Gasteiger partial charge in [-0.05, 0) is 84.7 Å². The molecule has 26 heavy (non-hydrogen) atoms. The quantitative estimate of drug-likeness (QED) is 0.785. The summed E-state index contributed by atoms with van der Waals surface area (Å²) in [5.74, 6) is 8.04. The lowest BCUT2D eigenvalue weighted by atomic mass is 9.89.